The highest BCUT2D eigenvalue weighted by Crippen LogP contribution is 2.51. The number of carbonyl (C=O) groups is 1. The Bertz CT molecular complexity index is 1190. The quantitative estimate of drug-likeness (QED) is 0.581. The van der Waals surface area contributed by atoms with E-state index in [1.165, 1.54) is 11.6 Å². The molecule has 1 amide bonds. The zero-order valence-electron chi connectivity index (χ0n) is 17.8. The molecule has 5 rings (SSSR count). The van der Waals surface area contributed by atoms with Gasteiger partial charge in [-0.15, -0.1) is 0 Å². The van der Waals surface area contributed by atoms with Crippen molar-refractivity contribution in [2.45, 2.75) is 38.3 Å². The third-order valence-electron chi connectivity index (χ3n) is 6.38. The van der Waals surface area contributed by atoms with Gasteiger partial charge in [0, 0.05) is 23.3 Å². The van der Waals surface area contributed by atoms with E-state index in [9.17, 15) is 18.0 Å². The molecule has 0 atom stereocenters. The van der Waals surface area contributed by atoms with Crippen molar-refractivity contribution in [2.24, 2.45) is 5.10 Å². The number of hydrogen-bond acceptors (Lipinski definition) is 3. The number of rotatable bonds is 2. The second-order valence-electron chi connectivity index (χ2n) is 8.72. The van der Waals surface area contributed by atoms with Crippen LogP contribution in [0.4, 0.5) is 24.5 Å². The standard InChI is InChI=1S/C25H22F3N3O/c1-24(2)19-12-6-8-16-9-7-15-30(21(16)19)20(24)14-13-18-22(25(26,27)28)29-31(23(18)32)17-10-4-3-5-11-17/h3-6,8,10-14H,7,9,15H2,1-2H3/b18-13-,20-14+. The van der Waals surface area contributed by atoms with Crippen LogP contribution in [0, 0.1) is 0 Å². The van der Waals surface area contributed by atoms with Crippen molar-refractivity contribution in [3.63, 3.8) is 0 Å². The van der Waals surface area contributed by atoms with E-state index >= 15 is 0 Å². The van der Waals surface area contributed by atoms with Gasteiger partial charge < -0.3 is 4.90 Å². The summed E-state index contributed by atoms with van der Waals surface area (Å²) in [7, 11) is 0. The van der Waals surface area contributed by atoms with Crippen molar-refractivity contribution >= 4 is 23.0 Å². The molecular weight excluding hydrogens is 415 g/mol. The van der Waals surface area contributed by atoms with Crippen molar-refractivity contribution in [3.05, 3.63) is 83.1 Å². The molecule has 164 valence electrons. The molecule has 0 radical (unpaired) electrons. The molecule has 0 fully saturated rings. The summed E-state index contributed by atoms with van der Waals surface area (Å²) in [4.78, 5) is 15.1. The number of benzene rings is 2. The van der Waals surface area contributed by atoms with Gasteiger partial charge >= 0.3 is 6.18 Å². The summed E-state index contributed by atoms with van der Waals surface area (Å²) in [6.45, 7) is 4.93. The number of alkyl halides is 3. The van der Waals surface area contributed by atoms with Crippen LogP contribution in [0.1, 0.15) is 31.4 Å². The van der Waals surface area contributed by atoms with Gasteiger partial charge in [-0.2, -0.15) is 23.3 Å². The largest absolute Gasteiger partial charge is 0.435 e. The molecule has 0 spiro atoms. The lowest BCUT2D eigenvalue weighted by Crippen LogP contribution is -2.29. The number of hydrazone groups is 1. The number of nitrogens with zero attached hydrogens (tertiary/aromatic N) is 3. The van der Waals surface area contributed by atoms with Crippen LogP contribution in [0.5, 0.6) is 0 Å². The fourth-order valence-corrected chi connectivity index (χ4v) is 4.85. The van der Waals surface area contributed by atoms with E-state index in [0.29, 0.717) is 5.69 Å². The minimum Gasteiger partial charge on any atom is -0.344 e. The van der Waals surface area contributed by atoms with E-state index in [4.69, 9.17) is 0 Å². The van der Waals surface area contributed by atoms with Gasteiger partial charge in [-0.05, 0) is 48.3 Å². The van der Waals surface area contributed by atoms with Gasteiger partial charge in [0.2, 0.25) is 0 Å². The number of allylic oxidation sites excluding steroid dienone is 3. The van der Waals surface area contributed by atoms with E-state index < -0.39 is 23.4 Å². The van der Waals surface area contributed by atoms with E-state index in [1.807, 2.05) is 6.07 Å². The van der Waals surface area contributed by atoms with Gasteiger partial charge in [0.15, 0.2) is 5.71 Å². The maximum atomic E-state index is 13.8. The smallest absolute Gasteiger partial charge is 0.344 e. The Morgan fingerprint density at radius 3 is 2.50 bits per heavy atom. The van der Waals surface area contributed by atoms with Crippen LogP contribution in [0.25, 0.3) is 0 Å². The van der Waals surface area contributed by atoms with Crippen LogP contribution < -0.4 is 9.91 Å². The fourth-order valence-electron chi connectivity index (χ4n) is 4.85. The highest BCUT2D eigenvalue weighted by molar-refractivity contribution is 6.32. The molecular formula is C25H22F3N3O. The molecule has 4 nitrogen and oxygen atoms in total. The number of hydrogen-bond donors (Lipinski definition) is 0. The van der Waals surface area contributed by atoms with Crippen molar-refractivity contribution in [3.8, 4) is 0 Å². The summed E-state index contributed by atoms with van der Waals surface area (Å²) in [5.74, 6) is -0.784. The van der Waals surface area contributed by atoms with Gasteiger partial charge in [-0.3, -0.25) is 4.79 Å². The summed E-state index contributed by atoms with van der Waals surface area (Å²) >= 11 is 0. The predicted octanol–water partition coefficient (Wildman–Crippen LogP) is 5.51. The first kappa shape index (κ1) is 20.5. The second kappa shape index (κ2) is 7.08. The molecule has 3 heterocycles. The second-order valence-corrected chi connectivity index (χ2v) is 8.72. The summed E-state index contributed by atoms with van der Waals surface area (Å²) in [5, 5.41) is 4.46. The molecule has 2 aromatic carbocycles. The van der Waals surface area contributed by atoms with Gasteiger partial charge in [0.1, 0.15) is 0 Å². The Balaban J connectivity index is 1.59. The molecule has 0 saturated heterocycles. The van der Waals surface area contributed by atoms with Crippen LogP contribution >= 0.6 is 0 Å². The average molecular weight is 437 g/mol. The third kappa shape index (κ3) is 3.06. The average Bonchev–Trinajstić information content (AvgIpc) is 3.21. The molecule has 0 saturated carbocycles. The highest BCUT2D eigenvalue weighted by atomic mass is 19.4. The van der Waals surface area contributed by atoms with Crippen LogP contribution in [0.3, 0.4) is 0 Å². The molecule has 0 aliphatic carbocycles. The first-order valence-electron chi connectivity index (χ1n) is 10.6. The monoisotopic (exact) mass is 437 g/mol. The van der Waals surface area contributed by atoms with Crippen LogP contribution in [0.15, 0.2) is 77.1 Å². The normalized spacial score (nSPS) is 22.0. The zero-order chi connectivity index (χ0) is 22.7. The maximum Gasteiger partial charge on any atom is 0.435 e. The summed E-state index contributed by atoms with van der Waals surface area (Å²) in [6, 6.07) is 14.4. The fraction of sp³-hybridized carbons (Fsp3) is 0.280. The Labute approximate surface area is 184 Å². The zero-order valence-corrected chi connectivity index (χ0v) is 17.8. The molecule has 0 unspecified atom stereocenters. The van der Waals surface area contributed by atoms with Crippen molar-refractivity contribution in [1.82, 2.24) is 0 Å². The minimum absolute atomic E-state index is 0.296. The predicted molar refractivity (Wildman–Crippen MR) is 119 cm³/mol. The molecule has 2 aromatic rings. The molecule has 7 heteroatoms. The van der Waals surface area contributed by atoms with Gasteiger partial charge in [0.05, 0.1) is 11.3 Å². The topological polar surface area (TPSA) is 35.9 Å². The number of amides is 1. The van der Waals surface area contributed by atoms with Gasteiger partial charge in [-0.25, -0.2) is 0 Å². The Morgan fingerprint density at radius 1 is 1.03 bits per heavy atom. The van der Waals surface area contributed by atoms with E-state index in [1.54, 1.807) is 36.4 Å². The Morgan fingerprint density at radius 2 is 1.78 bits per heavy atom. The molecule has 0 bridgehead atoms. The number of aryl methyl sites for hydroxylation is 1. The minimum atomic E-state index is -4.74. The van der Waals surface area contributed by atoms with E-state index in [0.717, 1.165) is 41.3 Å². The number of carbonyl (C=O) groups excluding carboxylic acids is 1. The maximum absolute atomic E-state index is 13.8. The molecule has 0 aromatic heterocycles. The summed E-state index contributed by atoms with van der Waals surface area (Å²) in [5.41, 5.74) is 2.75. The van der Waals surface area contributed by atoms with Crippen LogP contribution in [-0.4, -0.2) is 24.3 Å². The lowest BCUT2D eigenvalue weighted by atomic mass is 9.83. The van der Waals surface area contributed by atoms with Crippen molar-refractivity contribution < 1.29 is 18.0 Å². The van der Waals surface area contributed by atoms with Gasteiger partial charge in [0.25, 0.3) is 5.91 Å². The van der Waals surface area contributed by atoms with Crippen molar-refractivity contribution in [1.29, 1.82) is 0 Å². The number of anilines is 2. The SMILES string of the molecule is CC1(C)/C(=C\C=C2/C(=O)N(c3ccccc3)N=C2C(F)(F)F)N2CCCc3cccc1c32. The number of para-hydroxylation sites is 2. The summed E-state index contributed by atoms with van der Waals surface area (Å²) < 4.78 is 41.3. The molecule has 3 aliphatic heterocycles. The van der Waals surface area contributed by atoms with E-state index in [-0.39, 0.29) is 5.41 Å². The Hall–Kier alpha value is -3.35. The number of halogens is 3. The first-order chi connectivity index (χ1) is 15.2. The van der Waals surface area contributed by atoms with Crippen LogP contribution in [0.2, 0.25) is 0 Å². The highest BCUT2D eigenvalue weighted by Gasteiger charge is 2.47. The lowest BCUT2D eigenvalue weighted by Gasteiger charge is -2.30. The lowest BCUT2D eigenvalue weighted by molar-refractivity contribution is -0.114. The molecule has 3 aliphatic rings. The molecule has 0 N–H and O–H groups in total. The molecule has 32 heavy (non-hydrogen) atoms. The Kier molecular flexibility index (Phi) is 4.55. The van der Waals surface area contributed by atoms with E-state index in [2.05, 4.69) is 36.0 Å². The van der Waals surface area contributed by atoms with Gasteiger partial charge in [-0.1, -0.05) is 50.2 Å². The van der Waals surface area contributed by atoms with Crippen LogP contribution in [-0.2, 0) is 16.6 Å². The van der Waals surface area contributed by atoms with Crippen molar-refractivity contribution in [2.75, 3.05) is 16.5 Å². The summed E-state index contributed by atoms with van der Waals surface area (Å²) in [6.07, 6.45) is 0.166. The first-order valence-corrected chi connectivity index (χ1v) is 10.6. The third-order valence-corrected chi connectivity index (χ3v) is 6.38.